The summed E-state index contributed by atoms with van der Waals surface area (Å²) >= 11 is 0. The molecule has 0 radical (unpaired) electrons. The standard InChI is InChI=1S/C15H14FN3O3/c16-11-1-3-12(4-2-11)19-8-6-13(17-19)14(20)18-7-5-10(9-18)15(21)22/h1-4,6,8,10H,5,7,9H2,(H,21,22). The number of hydrogen-bond acceptors (Lipinski definition) is 3. The number of likely N-dealkylation sites (tertiary alicyclic amines) is 1. The zero-order chi connectivity index (χ0) is 15.7. The van der Waals surface area contributed by atoms with Gasteiger partial charge in [0.2, 0.25) is 0 Å². The predicted molar refractivity (Wildman–Crippen MR) is 75.2 cm³/mol. The first-order valence-electron chi connectivity index (χ1n) is 6.88. The van der Waals surface area contributed by atoms with Crippen LogP contribution in [0.3, 0.4) is 0 Å². The van der Waals surface area contributed by atoms with E-state index >= 15 is 0 Å². The van der Waals surface area contributed by atoms with Crippen LogP contribution in [0.5, 0.6) is 0 Å². The lowest BCUT2D eigenvalue weighted by atomic mass is 10.1. The van der Waals surface area contributed by atoms with Crippen molar-refractivity contribution in [2.75, 3.05) is 13.1 Å². The molecular formula is C15H14FN3O3. The minimum atomic E-state index is -0.882. The van der Waals surface area contributed by atoms with Gasteiger partial charge in [-0.1, -0.05) is 0 Å². The van der Waals surface area contributed by atoms with Gasteiger partial charge in [-0.3, -0.25) is 9.59 Å². The molecule has 114 valence electrons. The fourth-order valence-electron chi connectivity index (χ4n) is 2.48. The molecule has 0 aliphatic carbocycles. The van der Waals surface area contributed by atoms with Crippen molar-refractivity contribution in [3.63, 3.8) is 0 Å². The van der Waals surface area contributed by atoms with Gasteiger partial charge in [-0.25, -0.2) is 9.07 Å². The second kappa shape index (κ2) is 5.59. The minimum Gasteiger partial charge on any atom is -0.481 e. The fourth-order valence-corrected chi connectivity index (χ4v) is 2.48. The molecule has 7 heteroatoms. The van der Waals surface area contributed by atoms with Gasteiger partial charge in [0.1, 0.15) is 5.82 Å². The lowest BCUT2D eigenvalue weighted by molar-refractivity contribution is -0.141. The summed E-state index contributed by atoms with van der Waals surface area (Å²) in [5.74, 6) is -2.02. The first-order valence-corrected chi connectivity index (χ1v) is 6.88. The molecule has 1 aliphatic heterocycles. The molecule has 1 amide bonds. The zero-order valence-corrected chi connectivity index (χ0v) is 11.6. The van der Waals surface area contributed by atoms with Crippen molar-refractivity contribution in [3.8, 4) is 5.69 Å². The normalized spacial score (nSPS) is 17.7. The van der Waals surface area contributed by atoms with Gasteiger partial charge in [-0.2, -0.15) is 5.10 Å². The van der Waals surface area contributed by atoms with Crippen molar-refractivity contribution in [2.45, 2.75) is 6.42 Å². The molecule has 2 heterocycles. The quantitative estimate of drug-likeness (QED) is 0.933. The molecule has 3 rings (SSSR count). The Morgan fingerprint density at radius 1 is 1.23 bits per heavy atom. The number of carbonyl (C=O) groups is 2. The highest BCUT2D eigenvalue weighted by Crippen LogP contribution is 2.19. The Bertz CT molecular complexity index is 711. The molecule has 1 N–H and O–H groups in total. The van der Waals surface area contributed by atoms with Gasteiger partial charge in [0.05, 0.1) is 11.6 Å². The monoisotopic (exact) mass is 303 g/mol. The van der Waals surface area contributed by atoms with Gasteiger partial charge >= 0.3 is 5.97 Å². The summed E-state index contributed by atoms with van der Waals surface area (Å²) in [6, 6.07) is 7.33. The number of carbonyl (C=O) groups excluding carboxylic acids is 1. The number of carboxylic acid groups (broad SMARTS) is 1. The van der Waals surface area contributed by atoms with Crippen LogP contribution in [0.15, 0.2) is 36.5 Å². The highest BCUT2D eigenvalue weighted by Gasteiger charge is 2.32. The van der Waals surface area contributed by atoms with Crippen LogP contribution < -0.4 is 0 Å². The molecule has 1 aliphatic rings. The third kappa shape index (κ3) is 2.69. The molecule has 1 aromatic carbocycles. The third-order valence-electron chi connectivity index (χ3n) is 3.72. The van der Waals surface area contributed by atoms with E-state index in [4.69, 9.17) is 5.11 Å². The minimum absolute atomic E-state index is 0.206. The van der Waals surface area contributed by atoms with Gasteiger partial charge in [0, 0.05) is 19.3 Å². The van der Waals surface area contributed by atoms with Crippen LogP contribution in [0.25, 0.3) is 5.69 Å². The summed E-state index contributed by atoms with van der Waals surface area (Å²) < 4.78 is 14.4. The maximum Gasteiger partial charge on any atom is 0.308 e. The van der Waals surface area contributed by atoms with Gasteiger partial charge < -0.3 is 10.0 Å². The van der Waals surface area contributed by atoms with E-state index in [9.17, 15) is 14.0 Å². The number of benzene rings is 1. The first-order chi connectivity index (χ1) is 10.5. The molecular weight excluding hydrogens is 289 g/mol. The van der Waals surface area contributed by atoms with Gasteiger partial charge in [0.15, 0.2) is 5.69 Å². The van der Waals surface area contributed by atoms with Gasteiger partial charge in [-0.15, -0.1) is 0 Å². The molecule has 1 fully saturated rings. The van der Waals surface area contributed by atoms with Gasteiger partial charge in [0.25, 0.3) is 5.91 Å². The number of aromatic nitrogens is 2. The molecule has 22 heavy (non-hydrogen) atoms. The fraction of sp³-hybridized carbons (Fsp3) is 0.267. The second-order valence-corrected chi connectivity index (χ2v) is 5.20. The Hall–Kier alpha value is -2.70. The van der Waals surface area contributed by atoms with Crippen LogP contribution in [0.2, 0.25) is 0 Å². The molecule has 1 saturated heterocycles. The highest BCUT2D eigenvalue weighted by atomic mass is 19.1. The Balaban J connectivity index is 1.75. The topological polar surface area (TPSA) is 75.4 Å². The molecule has 0 spiro atoms. The maximum atomic E-state index is 12.9. The Labute approximate surface area is 125 Å². The highest BCUT2D eigenvalue weighted by molar-refractivity contribution is 5.93. The van der Waals surface area contributed by atoms with Crippen LogP contribution in [-0.2, 0) is 4.79 Å². The number of nitrogens with zero attached hydrogens (tertiary/aromatic N) is 3. The van der Waals surface area contributed by atoms with Crippen LogP contribution in [-0.4, -0.2) is 44.8 Å². The smallest absolute Gasteiger partial charge is 0.308 e. The number of rotatable bonds is 3. The Morgan fingerprint density at radius 3 is 2.59 bits per heavy atom. The molecule has 1 aromatic heterocycles. The van der Waals surface area contributed by atoms with Crippen molar-refractivity contribution in [3.05, 3.63) is 48.0 Å². The summed E-state index contributed by atoms with van der Waals surface area (Å²) in [6.45, 7) is 0.622. The van der Waals surface area contributed by atoms with E-state index < -0.39 is 11.9 Å². The molecule has 1 unspecified atom stereocenters. The molecule has 6 nitrogen and oxygen atoms in total. The average Bonchev–Trinajstić information content (AvgIpc) is 3.17. The maximum absolute atomic E-state index is 12.9. The van der Waals surface area contributed by atoms with E-state index in [2.05, 4.69) is 5.10 Å². The van der Waals surface area contributed by atoms with E-state index in [1.54, 1.807) is 24.4 Å². The van der Waals surface area contributed by atoms with Gasteiger partial charge in [-0.05, 0) is 36.8 Å². The summed E-state index contributed by atoms with van der Waals surface area (Å²) in [5.41, 5.74) is 0.889. The molecule has 2 aromatic rings. The van der Waals surface area contributed by atoms with Crippen LogP contribution >= 0.6 is 0 Å². The zero-order valence-electron chi connectivity index (χ0n) is 11.6. The molecule has 1 atom stereocenters. The van der Waals surface area contributed by atoms with E-state index in [-0.39, 0.29) is 24.0 Å². The number of halogens is 1. The Kier molecular flexibility index (Phi) is 3.62. The lowest BCUT2D eigenvalue weighted by Crippen LogP contribution is -2.30. The summed E-state index contributed by atoms with van der Waals surface area (Å²) in [6.07, 6.45) is 2.07. The van der Waals surface area contributed by atoms with Crippen molar-refractivity contribution in [2.24, 2.45) is 5.92 Å². The third-order valence-corrected chi connectivity index (χ3v) is 3.72. The van der Waals surface area contributed by atoms with E-state index in [0.717, 1.165) is 0 Å². The largest absolute Gasteiger partial charge is 0.481 e. The molecule has 0 bridgehead atoms. The van der Waals surface area contributed by atoms with Crippen LogP contribution in [0, 0.1) is 11.7 Å². The SMILES string of the molecule is O=C(O)C1CCN(C(=O)c2ccn(-c3ccc(F)cc3)n2)C1. The second-order valence-electron chi connectivity index (χ2n) is 5.20. The van der Waals surface area contributed by atoms with Crippen molar-refractivity contribution >= 4 is 11.9 Å². The van der Waals surface area contributed by atoms with Crippen molar-refractivity contribution < 1.29 is 19.1 Å². The van der Waals surface area contributed by atoms with E-state index in [0.29, 0.717) is 18.7 Å². The number of aliphatic carboxylic acids is 1. The summed E-state index contributed by atoms with van der Waals surface area (Å²) in [4.78, 5) is 24.7. The van der Waals surface area contributed by atoms with Crippen LogP contribution in [0.1, 0.15) is 16.9 Å². The Morgan fingerprint density at radius 2 is 1.95 bits per heavy atom. The number of hydrogen-bond donors (Lipinski definition) is 1. The number of amides is 1. The van der Waals surface area contributed by atoms with Crippen LogP contribution in [0.4, 0.5) is 4.39 Å². The summed E-state index contributed by atoms with van der Waals surface area (Å²) in [5, 5.41) is 13.2. The van der Waals surface area contributed by atoms with Crippen molar-refractivity contribution in [1.29, 1.82) is 0 Å². The lowest BCUT2D eigenvalue weighted by Gasteiger charge is -2.13. The number of carboxylic acids is 1. The van der Waals surface area contributed by atoms with E-state index in [1.165, 1.54) is 21.7 Å². The predicted octanol–water partition coefficient (Wildman–Crippen LogP) is 1.56. The van der Waals surface area contributed by atoms with E-state index in [1.807, 2.05) is 0 Å². The average molecular weight is 303 g/mol. The van der Waals surface area contributed by atoms with Crippen molar-refractivity contribution in [1.82, 2.24) is 14.7 Å². The molecule has 0 saturated carbocycles. The summed E-state index contributed by atoms with van der Waals surface area (Å²) in [7, 11) is 0. The first kappa shape index (κ1) is 14.2.